The van der Waals surface area contributed by atoms with Crippen molar-refractivity contribution in [3.63, 3.8) is 0 Å². The predicted molar refractivity (Wildman–Crippen MR) is 95.8 cm³/mol. The van der Waals surface area contributed by atoms with Crippen molar-refractivity contribution in [1.82, 2.24) is 0 Å². The lowest BCUT2D eigenvalue weighted by Crippen LogP contribution is -2.30. The zero-order chi connectivity index (χ0) is 16.0. The van der Waals surface area contributed by atoms with Gasteiger partial charge in [0, 0.05) is 28.4 Å². The molecular formula is C17H18INO3. The number of carbonyl (C=O) groups excluding carboxylic acids is 1. The first-order chi connectivity index (χ1) is 10.5. The number of anilines is 1. The quantitative estimate of drug-likeness (QED) is 0.570. The van der Waals surface area contributed by atoms with Gasteiger partial charge in [0.25, 0.3) is 0 Å². The summed E-state index contributed by atoms with van der Waals surface area (Å²) in [6.45, 7) is 2.37. The van der Waals surface area contributed by atoms with Crippen molar-refractivity contribution in [2.45, 2.75) is 18.9 Å². The van der Waals surface area contributed by atoms with Gasteiger partial charge in [-0.1, -0.05) is 12.1 Å². The maximum atomic E-state index is 12.0. The first-order valence-electron chi connectivity index (χ1n) is 7.00. The van der Waals surface area contributed by atoms with E-state index in [1.165, 1.54) is 6.08 Å². The van der Waals surface area contributed by atoms with Crippen LogP contribution in [0.4, 0.5) is 5.69 Å². The van der Waals surface area contributed by atoms with E-state index in [9.17, 15) is 9.90 Å². The van der Waals surface area contributed by atoms with E-state index in [-0.39, 0.29) is 11.7 Å². The van der Waals surface area contributed by atoms with Gasteiger partial charge in [-0.25, -0.2) is 0 Å². The number of nitrogens with one attached hydrogen (secondary N) is 1. The summed E-state index contributed by atoms with van der Waals surface area (Å²) in [7, 11) is 0. The van der Waals surface area contributed by atoms with Crippen molar-refractivity contribution < 1.29 is 14.6 Å². The summed E-state index contributed by atoms with van der Waals surface area (Å²) in [6, 6.07) is 7.56. The lowest BCUT2D eigenvalue weighted by Gasteiger charge is -2.28. The van der Waals surface area contributed by atoms with Crippen molar-refractivity contribution in [3.05, 3.63) is 64.0 Å². The highest BCUT2D eigenvalue weighted by atomic mass is 127. The van der Waals surface area contributed by atoms with Crippen molar-refractivity contribution in [1.29, 1.82) is 0 Å². The molecule has 0 saturated heterocycles. The zero-order valence-electron chi connectivity index (χ0n) is 12.3. The number of rotatable bonds is 5. The molecule has 22 heavy (non-hydrogen) atoms. The summed E-state index contributed by atoms with van der Waals surface area (Å²) < 4.78 is 6.76. The number of benzene rings is 1. The minimum absolute atomic E-state index is 0.233. The van der Waals surface area contributed by atoms with Crippen LogP contribution >= 0.6 is 22.6 Å². The Bertz CT molecular complexity index is 637. The number of hydrogen-bond acceptors (Lipinski definition) is 3. The SMILES string of the molecule is CCOC1(/C=C/C(=O)Nc2cccc(I)c2)C=CC=C(O)C1. The number of aliphatic hydroxyl groups is 1. The lowest BCUT2D eigenvalue weighted by atomic mass is 9.93. The van der Waals surface area contributed by atoms with Gasteiger partial charge in [-0.3, -0.25) is 4.79 Å². The normalized spacial score (nSPS) is 20.9. The van der Waals surface area contributed by atoms with Gasteiger partial charge in [0.1, 0.15) is 5.60 Å². The molecule has 0 heterocycles. The van der Waals surface area contributed by atoms with Crippen LogP contribution in [0.2, 0.25) is 0 Å². The Balaban J connectivity index is 2.06. The van der Waals surface area contributed by atoms with E-state index in [1.54, 1.807) is 18.2 Å². The summed E-state index contributed by atoms with van der Waals surface area (Å²) in [4.78, 5) is 12.0. The van der Waals surface area contributed by atoms with Gasteiger partial charge < -0.3 is 15.2 Å². The fourth-order valence-electron chi connectivity index (χ4n) is 2.22. The summed E-state index contributed by atoms with van der Waals surface area (Å²) in [5.74, 6) is 0.00198. The highest BCUT2D eigenvalue weighted by Gasteiger charge is 2.28. The van der Waals surface area contributed by atoms with E-state index in [4.69, 9.17) is 4.74 Å². The van der Waals surface area contributed by atoms with E-state index in [2.05, 4.69) is 27.9 Å². The lowest BCUT2D eigenvalue weighted by molar-refractivity contribution is -0.112. The van der Waals surface area contributed by atoms with Gasteiger partial charge >= 0.3 is 0 Å². The molecule has 1 amide bonds. The number of halogens is 1. The van der Waals surface area contributed by atoms with Crippen LogP contribution in [-0.2, 0) is 9.53 Å². The number of amides is 1. The molecule has 2 N–H and O–H groups in total. The molecule has 0 bridgehead atoms. The van der Waals surface area contributed by atoms with Crippen LogP contribution in [0.3, 0.4) is 0 Å². The van der Waals surface area contributed by atoms with Crippen LogP contribution in [0.1, 0.15) is 13.3 Å². The Morgan fingerprint density at radius 2 is 2.36 bits per heavy atom. The zero-order valence-corrected chi connectivity index (χ0v) is 14.4. The number of carbonyl (C=O) groups is 1. The van der Waals surface area contributed by atoms with E-state index >= 15 is 0 Å². The number of allylic oxidation sites excluding steroid dienone is 2. The molecule has 0 radical (unpaired) electrons. The minimum Gasteiger partial charge on any atom is -0.512 e. The monoisotopic (exact) mass is 411 g/mol. The Hall–Kier alpha value is -1.60. The summed E-state index contributed by atoms with van der Waals surface area (Å²) in [5.41, 5.74) is -0.0234. The van der Waals surface area contributed by atoms with Crippen LogP contribution in [0.25, 0.3) is 0 Å². The van der Waals surface area contributed by atoms with Crippen LogP contribution in [0.15, 0.2) is 60.4 Å². The molecule has 1 unspecified atom stereocenters. The topological polar surface area (TPSA) is 58.6 Å². The average molecular weight is 411 g/mol. The van der Waals surface area contributed by atoms with Gasteiger partial charge in [0.15, 0.2) is 0 Å². The largest absolute Gasteiger partial charge is 0.512 e. The fraction of sp³-hybridized carbons (Fsp3) is 0.235. The molecular weight excluding hydrogens is 393 g/mol. The maximum absolute atomic E-state index is 12.0. The third-order valence-electron chi connectivity index (χ3n) is 3.15. The predicted octanol–water partition coefficient (Wildman–Crippen LogP) is 3.96. The van der Waals surface area contributed by atoms with Crippen molar-refractivity contribution >= 4 is 34.2 Å². The van der Waals surface area contributed by atoms with E-state index in [0.717, 1.165) is 9.26 Å². The molecule has 0 aliphatic heterocycles. The fourth-order valence-corrected chi connectivity index (χ4v) is 2.76. The molecule has 0 aromatic heterocycles. The van der Waals surface area contributed by atoms with Gasteiger partial charge in [-0.15, -0.1) is 0 Å². The first kappa shape index (κ1) is 16.8. The molecule has 1 aromatic rings. The highest BCUT2D eigenvalue weighted by molar-refractivity contribution is 14.1. The van der Waals surface area contributed by atoms with Crippen LogP contribution in [0, 0.1) is 3.57 Å². The molecule has 4 nitrogen and oxygen atoms in total. The molecule has 116 valence electrons. The second kappa shape index (κ2) is 7.60. The molecule has 1 aliphatic rings. The molecule has 1 aromatic carbocycles. The molecule has 0 saturated carbocycles. The van der Waals surface area contributed by atoms with Gasteiger partial charge in [-0.05, 0) is 65.9 Å². The van der Waals surface area contributed by atoms with Crippen molar-refractivity contribution in [2.75, 3.05) is 11.9 Å². The minimum atomic E-state index is -0.768. The average Bonchev–Trinajstić information content (AvgIpc) is 2.46. The molecule has 0 spiro atoms. The Morgan fingerprint density at radius 1 is 1.55 bits per heavy atom. The second-order valence-corrected chi connectivity index (χ2v) is 6.16. The molecule has 5 heteroatoms. The van der Waals surface area contributed by atoms with Crippen LogP contribution < -0.4 is 5.32 Å². The summed E-state index contributed by atoms with van der Waals surface area (Å²) >= 11 is 2.19. The Morgan fingerprint density at radius 3 is 3.05 bits per heavy atom. The van der Waals surface area contributed by atoms with E-state index in [1.807, 2.05) is 37.3 Å². The van der Waals surface area contributed by atoms with Gasteiger partial charge in [0.2, 0.25) is 5.91 Å². The summed E-state index contributed by atoms with van der Waals surface area (Å²) in [6.07, 6.45) is 8.64. The van der Waals surface area contributed by atoms with Crippen molar-refractivity contribution in [2.24, 2.45) is 0 Å². The van der Waals surface area contributed by atoms with E-state index < -0.39 is 5.60 Å². The smallest absolute Gasteiger partial charge is 0.248 e. The third-order valence-corrected chi connectivity index (χ3v) is 3.82. The maximum Gasteiger partial charge on any atom is 0.248 e. The number of ether oxygens (including phenoxy) is 1. The Labute approximate surface area is 143 Å². The number of hydrogen-bond donors (Lipinski definition) is 2. The van der Waals surface area contributed by atoms with Crippen LogP contribution in [-0.4, -0.2) is 23.2 Å². The molecule has 0 fully saturated rings. The van der Waals surface area contributed by atoms with Gasteiger partial charge in [0.05, 0.1) is 5.76 Å². The first-order valence-corrected chi connectivity index (χ1v) is 8.08. The third kappa shape index (κ3) is 4.71. The number of aliphatic hydroxyl groups excluding tert-OH is 1. The molecule has 2 rings (SSSR count). The highest BCUT2D eigenvalue weighted by Crippen LogP contribution is 2.27. The van der Waals surface area contributed by atoms with Crippen LogP contribution in [0.5, 0.6) is 0 Å². The second-order valence-electron chi connectivity index (χ2n) is 4.91. The Kier molecular flexibility index (Phi) is 5.79. The summed E-state index contributed by atoms with van der Waals surface area (Å²) in [5, 5.41) is 12.5. The van der Waals surface area contributed by atoms with Gasteiger partial charge in [-0.2, -0.15) is 0 Å². The molecule has 1 atom stereocenters. The standard InChI is InChI=1S/C17H18INO3/c1-2-22-17(9-4-7-15(20)12-17)10-8-16(21)19-14-6-3-5-13(18)11-14/h3-11,20H,2,12H2,1H3,(H,19,21)/b10-8+. The van der Waals surface area contributed by atoms with Crippen molar-refractivity contribution in [3.8, 4) is 0 Å². The molecule has 1 aliphatic carbocycles. The van der Waals surface area contributed by atoms with E-state index in [0.29, 0.717) is 13.0 Å².